The third-order valence-electron chi connectivity index (χ3n) is 3.09. The predicted molar refractivity (Wildman–Crippen MR) is 81.2 cm³/mol. The van der Waals surface area contributed by atoms with Gasteiger partial charge in [-0.3, -0.25) is 0 Å². The molecule has 2 aromatic carbocycles. The lowest BCUT2D eigenvalue weighted by Gasteiger charge is -2.16. The average molecular weight is 379 g/mol. The fourth-order valence-electron chi connectivity index (χ4n) is 2.05. The first-order valence-electron chi connectivity index (χ1n) is 6.14. The minimum absolute atomic E-state index is 0.278. The summed E-state index contributed by atoms with van der Waals surface area (Å²) in [6.07, 6.45) is -4.08. The van der Waals surface area contributed by atoms with Crippen LogP contribution in [0.2, 0.25) is 5.02 Å². The molecule has 1 unspecified atom stereocenters. The molecule has 0 spiro atoms. The lowest BCUT2D eigenvalue weighted by molar-refractivity contribution is -0.137. The van der Waals surface area contributed by atoms with Crippen LogP contribution < -0.4 is 5.73 Å². The summed E-state index contributed by atoms with van der Waals surface area (Å²) < 4.78 is 38.8. The highest BCUT2D eigenvalue weighted by Crippen LogP contribution is 2.32. The van der Waals surface area contributed by atoms with Crippen molar-refractivity contribution >= 4 is 27.5 Å². The fraction of sp³-hybridized carbons (Fsp3) is 0.200. The van der Waals surface area contributed by atoms with Gasteiger partial charge in [-0.05, 0) is 45.6 Å². The topological polar surface area (TPSA) is 26.0 Å². The Balaban J connectivity index is 2.24. The Labute approximate surface area is 134 Å². The van der Waals surface area contributed by atoms with Crippen LogP contribution in [0.15, 0.2) is 46.9 Å². The maximum atomic E-state index is 12.7. The Hall–Kier alpha value is -1.04. The molecule has 0 aliphatic heterocycles. The quantitative estimate of drug-likeness (QED) is 0.764. The summed E-state index contributed by atoms with van der Waals surface area (Å²) in [4.78, 5) is 0. The largest absolute Gasteiger partial charge is 0.416 e. The van der Waals surface area contributed by atoms with Crippen LogP contribution in [0.25, 0.3) is 0 Å². The summed E-state index contributed by atoms with van der Waals surface area (Å²) in [5.41, 5.74) is 6.62. The van der Waals surface area contributed by atoms with E-state index in [4.69, 9.17) is 17.3 Å². The van der Waals surface area contributed by atoms with Crippen molar-refractivity contribution in [3.05, 3.63) is 68.7 Å². The fourth-order valence-corrected chi connectivity index (χ4v) is 2.69. The van der Waals surface area contributed by atoms with Crippen LogP contribution in [0.1, 0.15) is 22.7 Å². The van der Waals surface area contributed by atoms with Gasteiger partial charge in [-0.1, -0.05) is 41.9 Å². The van der Waals surface area contributed by atoms with Gasteiger partial charge in [0.05, 0.1) is 10.6 Å². The summed E-state index contributed by atoms with van der Waals surface area (Å²) in [6, 6.07) is 10.0. The van der Waals surface area contributed by atoms with Crippen molar-refractivity contribution in [1.82, 2.24) is 0 Å². The Bertz CT molecular complexity index is 643. The van der Waals surface area contributed by atoms with E-state index < -0.39 is 17.8 Å². The van der Waals surface area contributed by atoms with Crippen LogP contribution in [-0.4, -0.2) is 0 Å². The van der Waals surface area contributed by atoms with Crippen LogP contribution >= 0.6 is 27.5 Å². The molecule has 112 valence electrons. The van der Waals surface area contributed by atoms with E-state index in [9.17, 15) is 13.2 Å². The third kappa shape index (κ3) is 3.99. The molecule has 6 heteroatoms. The molecule has 0 fully saturated rings. The standard InChI is InChI=1S/C15H12BrClF3N/c16-12-6-2-5-11(14(12)17)13(21)8-9-3-1-4-10(7-9)15(18,19)20/h1-7,13H,8,21H2. The number of hydrogen-bond donors (Lipinski definition) is 1. The lowest BCUT2D eigenvalue weighted by Crippen LogP contribution is -2.14. The predicted octanol–water partition coefficient (Wildman–Crippen LogP) is 5.36. The number of hydrogen-bond acceptors (Lipinski definition) is 1. The van der Waals surface area contributed by atoms with Crippen molar-refractivity contribution in [3.63, 3.8) is 0 Å². The second-order valence-corrected chi connectivity index (χ2v) is 5.88. The lowest BCUT2D eigenvalue weighted by atomic mass is 9.98. The highest BCUT2D eigenvalue weighted by atomic mass is 79.9. The van der Waals surface area contributed by atoms with Gasteiger partial charge in [0.25, 0.3) is 0 Å². The third-order valence-corrected chi connectivity index (χ3v) is 4.40. The van der Waals surface area contributed by atoms with Crippen LogP contribution in [0.3, 0.4) is 0 Å². The minimum atomic E-state index is -4.35. The molecule has 0 saturated heterocycles. The van der Waals surface area contributed by atoms with Gasteiger partial charge >= 0.3 is 6.18 Å². The van der Waals surface area contributed by atoms with Crippen molar-refractivity contribution < 1.29 is 13.2 Å². The first-order chi connectivity index (χ1) is 9.79. The molecular weight excluding hydrogens is 367 g/mol. The molecule has 0 radical (unpaired) electrons. The maximum Gasteiger partial charge on any atom is 0.416 e. The molecule has 0 aromatic heterocycles. The van der Waals surface area contributed by atoms with E-state index in [-0.39, 0.29) is 6.42 Å². The number of benzene rings is 2. The number of halogens is 5. The molecule has 0 saturated carbocycles. The van der Waals surface area contributed by atoms with Crippen molar-refractivity contribution in [2.75, 3.05) is 0 Å². The normalized spacial score (nSPS) is 13.2. The van der Waals surface area contributed by atoms with Gasteiger partial charge in [0.1, 0.15) is 0 Å². The van der Waals surface area contributed by atoms with Crippen molar-refractivity contribution in [2.45, 2.75) is 18.6 Å². The van der Waals surface area contributed by atoms with E-state index in [1.165, 1.54) is 6.07 Å². The molecule has 1 atom stereocenters. The van der Waals surface area contributed by atoms with Gasteiger partial charge in [-0.25, -0.2) is 0 Å². The smallest absolute Gasteiger partial charge is 0.324 e. The monoisotopic (exact) mass is 377 g/mol. The number of rotatable bonds is 3. The van der Waals surface area contributed by atoms with E-state index >= 15 is 0 Å². The molecular formula is C15H12BrClF3N. The van der Waals surface area contributed by atoms with E-state index in [2.05, 4.69) is 15.9 Å². The zero-order valence-electron chi connectivity index (χ0n) is 10.8. The molecule has 1 nitrogen and oxygen atoms in total. The van der Waals surface area contributed by atoms with E-state index in [0.29, 0.717) is 20.6 Å². The van der Waals surface area contributed by atoms with Gasteiger partial charge in [0.15, 0.2) is 0 Å². The Morgan fingerprint density at radius 3 is 2.48 bits per heavy atom. The maximum absolute atomic E-state index is 12.7. The summed E-state index contributed by atoms with van der Waals surface area (Å²) in [6.45, 7) is 0. The molecule has 0 amide bonds. The first kappa shape index (κ1) is 16.3. The SMILES string of the molecule is NC(Cc1cccc(C(F)(F)F)c1)c1cccc(Br)c1Cl. The summed E-state index contributed by atoms with van der Waals surface area (Å²) >= 11 is 9.45. The molecule has 0 aliphatic rings. The van der Waals surface area contributed by atoms with Gasteiger partial charge in [0.2, 0.25) is 0 Å². The molecule has 2 rings (SSSR count). The molecule has 2 N–H and O–H groups in total. The number of alkyl halides is 3. The van der Waals surface area contributed by atoms with Crippen LogP contribution in [-0.2, 0) is 12.6 Å². The van der Waals surface area contributed by atoms with Crippen molar-refractivity contribution in [1.29, 1.82) is 0 Å². The summed E-state index contributed by atoms with van der Waals surface area (Å²) in [5.74, 6) is 0. The first-order valence-corrected chi connectivity index (χ1v) is 7.32. The van der Waals surface area contributed by atoms with Crippen LogP contribution in [0, 0.1) is 0 Å². The summed E-state index contributed by atoms with van der Waals surface area (Å²) in [5, 5.41) is 0.483. The second-order valence-electron chi connectivity index (χ2n) is 4.65. The van der Waals surface area contributed by atoms with E-state index in [1.54, 1.807) is 24.3 Å². The molecule has 0 aliphatic carbocycles. The Kier molecular flexibility index (Phi) is 4.96. The average Bonchev–Trinajstić information content (AvgIpc) is 2.41. The second kappa shape index (κ2) is 6.38. The summed E-state index contributed by atoms with van der Waals surface area (Å²) in [7, 11) is 0. The van der Waals surface area contributed by atoms with E-state index in [1.807, 2.05) is 0 Å². The van der Waals surface area contributed by atoms with Gasteiger partial charge in [0, 0.05) is 10.5 Å². The molecule has 21 heavy (non-hydrogen) atoms. The molecule has 0 bridgehead atoms. The minimum Gasteiger partial charge on any atom is -0.324 e. The van der Waals surface area contributed by atoms with Crippen molar-refractivity contribution in [2.24, 2.45) is 5.73 Å². The zero-order valence-corrected chi connectivity index (χ0v) is 13.1. The number of nitrogens with two attached hydrogens (primary N) is 1. The van der Waals surface area contributed by atoms with Crippen LogP contribution in [0.5, 0.6) is 0 Å². The van der Waals surface area contributed by atoms with Gasteiger partial charge in [-0.2, -0.15) is 13.2 Å². The van der Waals surface area contributed by atoms with E-state index in [0.717, 1.165) is 12.1 Å². The molecule has 2 aromatic rings. The molecule has 0 heterocycles. The Morgan fingerprint density at radius 2 is 1.81 bits per heavy atom. The van der Waals surface area contributed by atoms with Crippen LogP contribution in [0.4, 0.5) is 13.2 Å². The highest BCUT2D eigenvalue weighted by Gasteiger charge is 2.30. The highest BCUT2D eigenvalue weighted by molar-refractivity contribution is 9.10. The Morgan fingerprint density at radius 1 is 1.14 bits per heavy atom. The van der Waals surface area contributed by atoms with Gasteiger partial charge < -0.3 is 5.73 Å². The zero-order chi connectivity index (χ0) is 15.6. The van der Waals surface area contributed by atoms with Crippen molar-refractivity contribution in [3.8, 4) is 0 Å². The van der Waals surface area contributed by atoms with Gasteiger partial charge in [-0.15, -0.1) is 0 Å².